The Balaban J connectivity index is 2.05. The molecule has 31 heavy (non-hydrogen) atoms. The fraction of sp³-hybridized carbons (Fsp3) is 0.318. The molecule has 168 valence electrons. The number of alkyl carbamates (subject to hydrolysis) is 1. The summed E-state index contributed by atoms with van der Waals surface area (Å²) in [6.45, 7) is 5.27. The van der Waals surface area contributed by atoms with Gasteiger partial charge in [-0.1, -0.05) is 18.2 Å². The zero-order valence-electron chi connectivity index (χ0n) is 17.9. The van der Waals surface area contributed by atoms with Crippen LogP contribution < -0.4 is 14.8 Å². The maximum Gasteiger partial charge on any atom is 0.407 e. The molecule has 2 rings (SSSR count). The Morgan fingerprint density at radius 2 is 1.77 bits per heavy atom. The van der Waals surface area contributed by atoms with Crippen LogP contribution in [-0.4, -0.2) is 27.2 Å². The molecule has 2 N–H and O–H groups in total. The van der Waals surface area contributed by atoms with E-state index in [4.69, 9.17) is 9.47 Å². The van der Waals surface area contributed by atoms with Crippen molar-refractivity contribution in [1.29, 1.82) is 0 Å². The summed E-state index contributed by atoms with van der Waals surface area (Å²) < 4.78 is 51.0. The number of nitrogens with one attached hydrogen (secondary N) is 2. The number of carbonyl (C=O) groups is 1. The van der Waals surface area contributed by atoms with Gasteiger partial charge in [0.1, 0.15) is 17.2 Å². The van der Waals surface area contributed by atoms with E-state index in [-0.39, 0.29) is 13.1 Å². The molecule has 0 fully saturated rings. The zero-order chi connectivity index (χ0) is 23.1. The Morgan fingerprint density at radius 3 is 2.39 bits per heavy atom. The summed E-state index contributed by atoms with van der Waals surface area (Å²) in [5.74, 6) is 0.175. The van der Waals surface area contributed by atoms with Gasteiger partial charge < -0.3 is 14.8 Å². The number of halogens is 1. The first kappa shape index (κ1) is 24.4. The first-order valence-corrected chi connectivity index (χ1v) is 11.1. The fourth-order valence-corrected chi connectivity index (χ4v) is 3.30. The maximum absolute atomic E-state index is 13.7. The topological polar surface area (TPSA) is 93.7 Å². The molecule has 2 aromatic carbocycles. The van der Waals surface area contributed by atoms with Gasteiger partial charge in [-0.3, -0.25) is 0 Å². The van der Waals surface area contributed by atoms with Gasteiger partial charge in [-0.15, -0.1) is 0 Å². The minimum absolute atomic E-state index is 0.0222. The van der Waals surface area contributed by atoms with Crippen molar-refractivity contribution in [2.45, 2.75) is 39.5 Å². The average Bonchev–Trinajstić information content (AvgIpc) is 2.69. The summed E-state index contributed by atoms with van der Waals surface area (Å²) in [5, 5.41) is 3.54. The monoisotopic (exact) mass is 450 g/mol. The Kier molecular flexibility index (Phi) is 8.18. The van der Waals surface area contributed by atoms with Crippen LogP contribution >= 0.6 is 0 Å². The van der Waals surface area contributed by atoms with E-state index >= 15 is 0 Å². The van der Waals surface area contributed by atoms with Crippen LogP contribution in [0.25, 0.3) is 6.08 Å². The van der Waals surface area contributed by atoms with Gasteiger partial charge in [0.05, 0.1) is 7.11 Å². The molecule has 0 unspecified atom stereocenters. The van der Waals surface area contributed by atoms with Crippen molar-refractivity contribution in [3.05, 3.63) is 70.4 Å². The van der Waals surface area contributed by atoms with Gasteiger partial charge in [0.2, 0.25) is 10.0 Å². The Morgan fingerprint density at radius 1 is 1.10 bits per heavy atom. The van der Waals surface area contributed by atoms with Crippen molar-refractivity contribution in [2.75, 3.05) is 7.11 Å². The van der Waals surface area contributed by atoms with Gasteiger partial charge >= 0.3 is 6.09 Å². The molecule has 0 spiro atoms. The number of hydrogen-bond donors (Lipinski definition) is 2. The van der Waals surface area contributed by atoms with Crippen molar-refractivity contribution in [3.8, 4) is 5.75 Å². The normalized spacial score (nSPS) is 12.0. The molecule has 0 saturated carbocycles. The molecule has 7 nitrogen and oxygen atoms in total. The van der Waals surface area contributed by atoms with E-state index in [0.717, 1.165) is 11.0 Å². The minimum atomic E-state index is -3.74. The first-order valence-electron chi connectivity index (χ1n) is 9.53. The van der Waals surface area contributed by atoms with Crippen LogP contribution in [0.3, 0.4) is 0 Å². The van der Waals surface area contributed by atoms with E-state index in [1.54, 1.807) is 52.1 Å². The van der Waals surface area contributed by atoms with E-state index in [1.165, 1.54) is 24.3 Å². The maximum atomic E-state index is 13.7. The van der Waals surface area contributed by atoms with Crippen LogP contribution in [-0.2, 0) is 27.8 Å². The largest absolute Gasteiger partial charge is 0.497 e. The van der Waals surface area contributed by atoms with Crippen LogP contribution in [0.1, 0.15) is 37.5 Å². The molecule has 0 saturated heterocycles. The van der Waals surface area contributed by atoms with Crippen LogP contribution in [0.15, 0.2) is 47.9 Å². The highest BCUT2D eigenvalue weighted by atomic mass is 32.2. The van der Waals surface area contributed by atoms with Gasteiger partial charge in [-0.25, -0.2) is 22.3 Å². The third-order valence-electron chi connectivity index (χ3n) is 3.99. The number of carbonyl (C=O) groups excluding carboxylic acids is 1. The molecular weight excluding hydrogens is 423 g/mol. The van der Waals surface area contributed by atoms with Crippen LogP contribution in [0.2, 0.25) is 0 Å². The fourth-order valence-electron chi connectivity index (χ4n) is 2.51. The Hall–Kier alpha value is -2.91. The number of amides is 1. The number of methoxy groups -OCH3 is 1. The highest BCUT2D eigenvalue weighted by Crippen LogP contribution is 2.15. The van der Waals surface area contributed by atoms with Gasteiger partial charge in [0.25, 0.3) is 0 Å². The third-order valence-corrected chi connectivity index (χ3v) is 5.03. The smallest absolute Gasteiger partial charge is 0.407 e. The molecular formula is C22H27FN2O5S. The number of sulfonamides is 1. The lowest BCUT2D eigenvalue weighted by Crippen LogP contribution is -2.32. The van der Waals surface area contributed by atoms with Crippen molar-refractivity contribution >= 4 is 22.2 Å². The summed E-state index contributed by atoms with van der Waals surface area (Å²) in [6, 6.07) is 10.9. The summed E-state index contributed by atoms with van der Waals surface area (Å²) in [7, 11) is -2.19. The zero-order valence-corrected chi connectivity index (χ0v) is 18.8. The highest BCUT2D eigenvalue weighted by Gasteiger charge is 2.16. The lowest BCUT2D eigenvalue weighted by Gasteiger charge is -2.20. The second kappa shape index (κ2) is 10.4. The van der Waals surface area contributed by atoms with Gasteiger partial charge in [0, 0.05) is 18.5 Å². The molecule has 0 aliphatic carbocycles. The molecule has 2 aromatic rings. The predicted molar refractivity (Wildman–Crippen MR) is 117 cm³/mol. The standard InChI is InChI=1S/C22H27FN2O5S/c1-22(2,3)30-21(26)24-15-18-13-19(23)8-7-17(18)11-12-31(27,28)25-14-16-5-9-20(29-4)10-6-16/h5-13,25H,14-15H2,1-4H3,(H,24,26)/b12-11+. The lowest BCUT2D eigenvalue weighted by atomic mass is 10.1. The first-order chi connectivity index (χ1) is 14.5. The average molecular weight is 451 g/mol. The van der Waals surface area contributed by atoms with Crippen molar-refractivity contribution in [3.63, 3.8) is 0 Å². The molecule has 0 aromatic heterocycles. The van der Waals surface area contributed by atoms with Crippen molar-refractivity contribution in [1.82, 2.24) is 10.0 Å². The molecule has 1 amide bonds. The molecule has 0 radical (unpaired) electrons. The number of ether oxygens (including phenoxy) is 2. The molecule has 0 aliphatic heterocycles. The van der Waals surface area contributed by atoms with E-state index in [9.17, 15) is 17.6 Å². The summed E-state index contributed by atoms with van der Waals surface area (Å²) in [5.41, 5.74) is 0.958. The van der Waals surface area contributed by atoms with E-state index in [0.29, 0.717) is 16.9 Å². The summed E-state index contributed by atoms with van der Waals surface area (Å²) >= 11 is 0. The highest BCUT2D eigenvalue weighted by molar-refractivity contribution is 7.92. The molecule has 0 aliphatic rings. The second-order valence-corrected chi connectivity index (χ2v) is 9.37. The van der Waals surface area contributed by atoms with Gasteiger partial charge in [-0.2, -0.15) is 0 Å². The third kappa shape index (κ3) is 8.77. The molecule has 0 heterocycles. The molecule has 0 bridgehead atoms. The second-order valence-electron chi connectivity index (χ2n) is 7.72. The lowest BCUT2D eigenvalue weighted by molar-refractivity contribution is 0.0523. The summed E-state index contributed by atoms with van der Waals surface area (Å²) in [6.07, 6.45) is 0.697. The minimum Gasteiger partial charge on any atom is -0.497 e. The number of benzene rings is 2. The van der Waals surface area contributed by atoms with Gasteiger partial charge in [-0.05, 0) is 67.8 Å². The quantitative estimate of drug-likeness (QED) is 0.635. The number of hydrogen-bond acceptors (Lipinski definition) is 5. The predicted octanol–water partition coefficient (Wildman–Crippen LogP) is 3.95. The van der Waals surface area contributed by atoms with Crippen LogP contribution in [0.5, 0.6) is 5.75 Å². The SMILES string of the molecule is COc1ccc(CNS(=O)(=O)/C=C/c2ccc(F)cc2CNC(=O)OC(C)(C)C)cc1. The van der Waals surface area contributed by atoms with E-state index < -0.39 is 27.5 Å². The molecule has 9 heteroatoms. The van der Waals surface area contributed by atoms with E-state index in [1.807, 2.05) is 0 Å². The summed E-state index contributed by atoms with van der Waals surface area (Å²) in [4.78, 5) is 11.8. The van der Waals surface area contributed by atoms with Crippen LogP contribution in [0.4, 0.5) is 9.18 Å². The number of rotatable bonds is 8. The Labute approximate surface area is 182 Å². The van der Waals surface area contributed by atoms with Crippen LogP contribution in [0, 0.1) is 5.82 Å². The van der Waals surface area contributed by atoms with Crippen molar-refractivity contribution in [2.24, 2.45) is 0 Å². The van der Waals surface area contributed by atoms with E-state index in [2.05, 4.69) is 10.0 Å². The Bertz CT molecular complexity index is 1030. The van der Waals surface area contributed by atoms with Crippen molar-refractivity contribution < 1.29 is 27.1 Å². The van der Waals surface area contributed by atoms with Gasteiger partial charge in [0.15, 0.2) is 0 Å². The molecule has 0 atom stereocenters.